The molecule has 120 valence electrons. The molecule has 0 saturated carbocycles. The van der Waals surface area contributed by atoms with Crippen LogP contribution in [0.5, 0.6) is 0 Å². The summed E-state index contributed by atoms with van der Waals surface area (Å²) in [4.78, 5) is 25.0. The fourth-order valence-corrected chi connectivity index (χ4v) is 2.77. The van der Waals surface area contributed by atoms with E-state index in [1.54, 1.807) is 0 Å². The van der Waals surface area contributed by atoms with Crippen LogP contribution < -0.4 is 10.2 Å². The summed E-state index contributed by atoms with van der Waals surface area (Å²) in [6.45, 7) is 6.40. The Morgan fingerprint density at radius 2 is 1.86 bits per heavy atom. The molecule has 22 heavy (non-hydrogen) atoms. The number of piperidine rings is 1. The zero-order valence-corrected chi connectivity index (χ0v) is 13.4. The number of nitrogens with one attached hydrogen (secondary N) is 2. The fraction of sp³-hybridized carbons (Fsp3) is 0.529. The molecule has 1 fully saturated rings. The second-order valence-electron chi connectivity index (χ2n) is 5.87. The molecule has 0 aromatic heterocycles. The molecule has 1 aromatic carbocycles. The topological polar surface area (TPSA) is 59.8 Å². The maximum atomic E-state index is 12.1. The van der Waals surface area contributed by atoms with Crippen LogP contribution in [0.2, 0.25) is 0 Å². The number of hydrogen-bond donors (Lipinski definition) is 2. The first-order valence-corrected chi connectivity index (χ1v) is 7.95. The smallest absolute Gasteiger partial charge is 0.309 e. The third-order valence-electron chi connectivity index (χ3n) is 4.06. The Labute approximate surface area is 131 Å². The van der Waals surface area contributed by atoms with Gasteiger partial charge in [0.2, 0.25) is 0 Å². The molecule has 0 spiro atoms. The number of likely N-dealkylation sites (tertiary alicyclic amines) is 1. The van der Waals surface area contributed by atoms with Crippen LogP contribution in [0.4, 0.5) is 5.69 Å². The van der Waals surface area contributed by atoms with Crippen molar-refractivity contribution in [2.75, 3.05) is 31.6 Å². The lowest BCUT2D eigenvalue weighted by Gasteiger charge is -2.27. The number of quaternary nitrogens is 1. The minimum atomic E-state index is -0.0920. The van der Waals surface area contributed by atoms with E-state index < -0.39 is 0 Å². The maximum absolute atomic E-state index is 12.1. The van der Waals surface area contributed by atoms with Crippen LogP contribution in [0.1, 0.15) is 25.3 Å². The molecule has 1 heterocycles. The van der Waals surface area contributed by atoms with Crippen molar-refractivity contribution in [3.63, 3.8) is 0 Å². The molecule has 0 bridgehead atoms. The van der Waals surface area contributed by atoms with E-state index >= 15 is 0 Å². The van der Waals surface area contributed by atoms with Crippen molar-refractivity contribution in [2.24, 2.45) is 5.92 Å². The van der Waals surface area contributed by atoms with Crippen molar-refractivity contribution in [3.8, 4) is 0 Å². The number of anilines is 1. The minimum absolute atomic E-state index is 0.00357. The number of aryl methyl sites for hydroxylation is 1. The fourth-order valence-electron chi connectivity index (χ4n) is 2.77. The minimum Gasteiger partial charge on any atom is -0.466 e. The van der Waals surface area contributed by atoms with E-state index in [-0.39, 0.29) is 17.8 Å². The van der Waals surface area contributed by atoms with Crippen LogP contribution in [0.3, 0.4) is 0 Å². The Bertz CT molecular complexity index is 505. The van der Waals surface area contributed by atoms with Gasteiger partial charge in [-0.25, -0.2) is 0 Å². The van der Waals surface area contributed by atoms with Crippen molar-refractivity contribution < 1.29 is 19.2 Å². The average molecular weight is 305 g/mol. The molecule has 2 N–H and O–H groups in total. The van der Waals surface area contributed by atoms with Crippen molar-refractivity contribution in [3.05, 3.63) is 29.8 Å². The highest BCUT2D eigenvalue weighted by atomic mass is 16.5. The van der Waals surface area contributed by atoms with E-state index in [2.05, 4.69) is 5.32 Å². The van der Waals surface area contributed by atoms with Gasteiger partial charge in [-0.3, -0.25) is 9.59 Å². The summed E-state index contributed by atoms with van der Waals surface area (Å²) in [5.74, 6) is -0.0667. The van der Waals surface area contributed by atoms with Gasteiger partial charge in [-0.2, -0.15) is 0 Å². The Balaban J connectivity index is 1.74. The molecular formula is C17H25N2O3+. The molecule has 1 amide bonds. The van der Waals surface area contributed by atoms with Gasteiger partial charge in [0.25, 0.3) is 5.91 Å². The predicted octanol–water partition coefficient (Wildman–Crippen LogP) is 0.792. The second-order valence-corrected chi connectivity index (χ2v) is 5.87. The highest BCUT2D eigenvalue weighted by molar-refractivity contribution is 5.91. The third-order valence-corrected chi connectivity index (χ3v) is 4.06. The summed E-state index contributed by atoms with van der Waals surface area (Å²) < 4.78 is 5.06. The highest BCUT2D eigenvalue weighted by Gasteiger charge is 2.29. The number of ether oxygens (including phenoxy) is 1. The summed E-state index contributed by atoms with van der Waals surface area (Å²) in [6.07, 6.45) is 1.60. The second kappa shape index (κ2) is 7.94. The lowest BCUT2D eigenvalue weighted by atomic mass is 9.97. The number of hydrogen-bond acceptors (Lipinski definition) is 3. The summed E-state index contributed by atoms with van der Waals surface area (Å²) in [7, 11) is 0. The van der Waals surface area contributed by atoms with Crippen molar-refractivity contribution >= 4 is 17.6 Å². The molecule has 1 aliphatic rings. The van der Waals surface area contributed by atoms with Gasteiger partial charge in [0.05, 0.1) is 25.6 Å². The molecule has 1 aromatic rings. The summed E-state index contributed by atoms with van der Waals surface area (Å²) in [5, 5.41) is 2.92. The number of rotatable bonds is 5. The lowest BCUT2D eigenvalue weighted by molar-refractivity contribution is -0.897. The Kier molecular flexibility index (Phi) is 5.95. The van der Waals surface area contributed by atoms with E-state index in [1.807, 2.05) is 38.1 Å². The van der Waals surface area contributed by atoms with Gasteiger partial charge in [0.1, 0.15) is 0 Å². The number of carbonyl (C=O) groups excluding carboxylic acids is 2. The average Bonchev–Trinajstić information content (AvgIpc) is 2.50. The Hall–Kier alpha value is -1.88. The van der Waals surface area contributed by atoms with Gasteiger partial charge in [-0.05, 0) is 26.0 Å². The van der Waals surface area contributed by atoms with Gasteiger partial charge in [-0.1, -0.05) is 17.7 Å². The molecule has 5 nitrogen and oxygen atoms in total. The Morgan fingerprint density at radius 1 is 1.23 bits per heavy atom. The molecule has 1 aliphatic heterocycles. The van der Waals surface area contributed by atoms with E-state index in [0.717, 1.165) is 31.6 Å². The SMILES string of the molecule is CCOC(=O)C1CC[NH+](CC(=O)Nc2ccc(C)cc2)CC1. The van der Waals surface area contributed by atoms with Crippen LogP contribution in [0, 0.1) is 12.8 Å². The largest absolute Gasteiger partial charge is 0.466 e. The molecule has 0 atom stereocenters. The number of amides is 1. The summed E-state index contributed by atoms with van der Waals surface area (Å²) >= 11 is 0. The summed E-state index contributed by atoms with van der Waals surface area (Å²) in [5.41, 5.74) is 2.00. The van der Waals surface area contributed by atoms with Gasteiger partial charge in [-0.15, -0.1) is 0 Å². The first kappa shape index (κ1) is 16.5. The first-order valence-electron chi connectivity index (χ1n) is 7.95. The van der Waals surface area contributed by atoms with Crippen molar-refractivity contribution in [1.29, 1.82) is 0 Å². The van der Waals surface area contributed by atoms with Crippen molar-refractivity contribution in [2.45, 2.75) is 26.7 Å². The molecule has 0 unspecified atom stereocenters. The number of carbonyl (C=O) groups is 2. The van der Waals surface area contributed by atoms with E-state index in [0.29, 0.717) is 13.2 Å². The normalized spacial score (nSPS) is 21.2. The van der Waals surface area contributed by atoms with Gasteiger partial charge in [0.15, 0.2) is 6.54 Å². The van der Waals surface area contributed by atoms with Gasteiger partial charge in [0, 0.05) is 18.5 Å². The standard InChI is InChI=1S/C17H24N2O3/c1-3-22-17(21)14-8-10-19(11-9-14)12-16(20)18-15-6-4-13(2)5-7-15/h4-7,14H,3,8-12H2,1-2H3,(H,18,20)/p+1. The van der Waals surface area contributed by atoms with Crippen LogP contribution in [-0.4, -0.2) is 38.1 Å². The zero-order valence-electron chi connectivity index (χ0n) is 13.4. The molecule has 0 aliphatic carbocycles. The first-order chi connectivity index (χ1) is 10.6. The van der Waals surface area contributed by atoms with Crippen LogP contribution >= 0.6 is 0 Å². The molecular weight excluding hydrogens is 280 g/mol. The van der Waals surface area contributed by atoms with E-state index in [4.69, 9.17) is 4.74 Å². The quantitative estimate of drug-likeness (QED) is 0.791. The third kappa shape index (κ3) is 4.84. The maximum Gasteiger partial charge on any atom is 0.309 e. The molecule has 0 radical (unpaired) electrons. The molecule has 1 saturated heterocycles. The zero-order chi connectivity index (χ0) is 15.9. The number of benzene rings is 1. The lowest BCUT2D eigenvalue weighted by Crippen LogP contribution is -3.14. The van der Waals surface area contributed by atoms with Crippen LogP contribution in [-0.2, 0) is 14.3 Å². The van der Waals surface area contributed by atoms with E-state index in [1.165, 1.54) is 10.5 Å². The molecule has 2 rings (SSSR count). The van der Waals surface area contributed by atoms with Crippen molar-refractivity contribution in [1.82, 2.24) is 0 Å². The molecule has 5 heteroatoms. The highest BCUT2D eigenvalue weighted by Crippen LogP contribution is 2.11. The predicted molar refractivity (Wildman–Crippen MR) is 84.7 cm³/mol. The van der Waals surface area contributed by atoms with Gasteiger partial charge < -0.3 is 15.0 Å². The van der Waals surface area contributed by atoms with Gasteiger partial charge >= 0.3 is 5.97 Å². The number of esters is 1. The van der Waals surface area contributed by atoms with E-state index in [9.17, 15) is 9.59 Å². The Morgan fingerprint density at radius 3 is 2.45 bits per heavy atom. The summed E-state index contributed by atoms with van der Waals surface area (Å²) in [6, 6.07) is 7.78. The monoisotopic (exact) mass is 305 g/mol. The van der Waals surface area contributed by atoms with Crippen LogP contribution in [0.15, 0.2) is 24.3 Å². The van der Waals surface area contributed by atoms with Crippen LogP contribution in [0.25, 0.3) is 0 Å².